The third-order valence-corrected chi connectivity index (χ3v) is 3.72. The second-order valence-electron chi connectivity index (χ2n) is 4.94. The number of nitrogens with zero attached hydrogens (tertiary/aromatic N) is 3. The molecule has 8 nitrogen and oxygen atoms in total. The first-order valence-electron chi connectivity index (χ1n) is 7.16. The fraction of sp³-hybridized carbons (Fsp3) is 0.917. The Morgan fingerprint density at radius 1 is 1.45 bits per heavy atom. The summed E-state index contributed by atoms with van der Waals surface area (Å²) in [7, 11) is 0. The fourth-order valence-corrected chi connectivity index (χ4v) is 2.36. The Morgan fingerprint density at radius 3 is 2.85 bits per heavy atom. The van der Waals surface area contributed by atoms with E-state index >= 15 is 0 Å². The molecule has 8 heteroatoms. The summed E-state index contributed by atoms with van der Waals surface area (Å²) in [5.41, 5.74) is 0. The highest BCUT2D eigenvalue weighted by Gasteiger charge is 2.31. The van der Waals surface area contributed by atoms with Crippen LogP contribution in [0.1, 0.15) is 39.5 Å². The van der Waals surface area contributed by atoms with Gasteiger partial charge in [-0.3, -0.25) is 9.80 Å². The van der Waals surface area contributed by atoms with Gasteiger partial charge in [-0.1, -0.05) is 13.8 Å². The van der Waals surface area contributed by atoms with Crippen LogP contribution in [-0.2, 0) is 9.53 Å². The van der Waals surface area contributed by atoms with E-state index in [2.05, 4.69) is 0 Å². The quantitative estimate of drug-likeness (QED) is 0.549. The molecule has 0 aromatic carbocycles. The Hall–Kier alpha value is -1.57. The first-order valence-corrected chi connectivity index (χ1v) is 7.16. The molecule has 0 saturated carbocycles. The van der Waals surface area contributed by atoms with Crippen molar-refractivity contribution in [3.8, 4) is 0 Å². The predicted molar refractivity (Wildman–Crippen MR) is 69.5 cm³/mol. The minimum Gasteiger partial charge on any atom is -0.425 e. The molecule has 2 heterocycles. The smallest absolute Gasteiger partial charge is 0.311 e. The average Bonchev–Trinajstić information content (AvgIpc) is 3.06. The summed E-state index contributed by atoms with van der Waals surface area (Å²) in [6, 6.07) is 0.0516. The van der Waals surface area contributed by atoms with E-state index in [4.69, 9.17) is 14.2 Å². The van der Waals surface area contributed by atoms with Gasteiger partial charge in [0.2, 0.25) is 0 Å². The van der Waals surface area contributed by atoms with Crippen molar-refractivity contribution in [2.45, 2.75) is 45.6 Å². The fourth-order valence-electron chi connectivity index (χ4n) is 2.36. The molecule has 1 aliphatic heterocycles. The third kappa shape index (κ3) is 3.30. The first-order chi connectivity index (χ1) is 9.71. The molecule has 116 valence electrons. The minimum absolute atomic E-state index is 0.0516. The van der Waals surface area contributed by atoms with Crippen LogP contribution in [0.3, 0.4) is 0 Å². The second-order valence-corrected chi connectivity index (χ2v) is 4.94. The first kappa shape index (κ1) is 14.8. The van der Waals surface area contributed by atoms with Crippen molar-refractivity contribution >= 4 is 5.97 Å². The van der Waals surface area contributed by atoms with Gasteiger partial charge < -0.3 is 14.7 Å². The van der Waals surface area contributed by atoms with E-state index in [1.807, 2.05) is 18.9 Å². The summed E-state index contributed by atoms with van der Waals surface area (Å²) in [5, 5.41) is 12.2. The molecule has 20 heavy (non-hydrogen) atoms. The van der Waals surface area contributed by atoms with Crippen LogP contribution in [0, 0.1) is 5.92 Å². The van der Waals surface area contributed by atoms with Crippen molar-refractivity contribution in [3.05, 3.63) is 0 Å². The summed E-state index contributed by atoms with van der Waals surface area (Å²) < 4.78 is 10.1. The molecule has 1 N–H and O–H groups in total. The molecule has 1 fully saturated rings. The van der Waals surface area contributed by atoms with Crippen LogP contribution >= 0.6 is 0 Å². The minimum atomic E-state index is -0.252. The molecule has 0 aliphatic carbocycles. The van der Waals surface area contributed by atoms with E-state index < -0.39 is 0 Å². The Morgan fingerprint density at radius 2 is 2.20 bits per heavy atom. The van der Waals surface area contributed by atoms with Gasteiger partial charge in [-0.15, -0.1) is 0 Å². The number of carbonyl (C=O) groups is 1. The number of rotatable bonds is 8. The summed E-state index contributed by atoms with van der Waals surface area (Å²) in [4.78, 5) is 18.2. The van der Waals surface area contributed by atoms with E-state index in [9.17, 15) is 9.90 Å². The van der Waals surface area contributed by atoms with Gasteiger partial charge >= 0.3 is 5.97 Å². The Labute approximate surface area is 117 Å². The largest absolute Gasteiger partial charge is 0.425 e. The maximum Gasteiger partial charge on any atom is 0.311 e. The van der Waals surface area contributed by atoms with Gasteiger partial charge in [0.25, 0.3) is 6.79 Å². The van der Waals surface area contributed by atoms with Crippen LogP contribution in [0.4, 0.5) is 0 Å². The third-order valence-electron chi connectivity index (χ3n) is 3.72. The number of carbonyl (C=O) groups excluding carboxylic acids is 1. The molecule has 1 unspecified atom stereocenters. The molecule has 0 radical (unpaired) electrons. The van der Waals surface area contributed by atoms with Gasteiger partial charge in [0.15, 0.2) is 0 Å². The topological polar surface area (TPSA) is 82.0 Å². The average molecular weight is 289 g/mol. The standard InChI is InChI=1S/C12H23N3O5/c1-3-10(4-2)12(17)18-9-19-15-14(20-15)13-7-5-6-11(13)8-16/h10-11,16H,3-9H2,1-2H3. The summed E-state index contributed by atoms with van der Waals surface area (Å²) >= 11 is 0. The molecule has 0 amide bonds. The van der Waals surface area contributed by atoms with Crippen LogP contribution in [0.2, 0.25) is 0 Å². The Balaban J connectivity index is 1.71. The van der Waals surface area contributed by atoms with E-state index in [1.165, 1.54) is 4.96 Å². The van der Waals surface area contributed by atoms with Gasteiger partial charge in [-0.25, -0.2) is 0 Å². The Bertz CT molecular complexity index is 406. The molecule has 0 bridgehead atoms. The second kappa shape index (κ2) is 6.74. The summed E-state index contributed by atoms with van der Waals surface area (Å²) in [6.45, 7) is 4.61. The van der Waals surface area contributed by atoms with Crippen LogP contribution in [0.5, 0.6) is 0 Å². The molecule has 1 aliphatic rings. The maximum absolute atomic E-state index is 11.6. The number of esters is 1. The van der Waals surface area contributed by atoms with Crippen molar-refractivity contribution in [3.63, 3.8) is 0 Å². The van der Waals surface area contributed by atoms with Crippen LogP contribution in [0.25, 0.3) is 0 Å². The molecule has 1 aromatic rings. The highest BCUT2D eigenvalue weighted by molar-refractivity contribution is 5.72. The van der Waals surface area contributed by atoms with E-state index in [1.54, 1.807) is 0 Å². The highest BCUT2D eigenvalue weighted by atomic mass is 17.0. The molecule has 1 saturated heterocycles. The predicted octanol–water partition coefficient (Wildman–Crippen LogP) is 0.341. The number of hydrogen-bond donors (Lipinski definition) is 1. The number of hydrogen-bond acceptors (Lipinski definition) is 6. The van der Waals surface area contributed by atoms with Crippen LogP contribution in [0.15, 0.2) is 4.63 Å². The normalized spacial score (nSPS) is 19.0. The Kier molecular flexibility index (Phi) is 4.99. The molecule has 1 atom stereocenters. The summed E-state index contributed by atoms with van der Waals surface area (Å²) in [6.07, 6.45) is 3.44. The van der Waals surface area contributed by atoms with Crippen LogP contribution < -0.4 is 9.85 Å². The van der Waals surface area contributed by atoms with Gasteiger partial charge in [0.1, 0.15) is 5.02 Å². The zero-order valence-corrected chi connectivity index (χ0v) is 12.0. The zero-order valence-electron chi connectivity index (χ0n) is 12.0. The van der Waals surface area contributed by atoms with E-state index in [-0.39, 0.29) is 31.3 Å². The summed E-state index contributed by atoms with van der Waals surface area (Å²) in [5.74, 6) is -0.333. The lowest BCUT2D eigenvalue weighted by Gasteiger charge is -2.17. The lowest BCUT2D eigenvalue weighted by atomic mass is 10.0. The number of aliphatic hydroxyl groups excluding tert-OH is 1. The number of ether oxygens (including phenoxy) is 1. The zero-order chi connectivity index (χ0) is 14.5. The monoisotopic (exact) mass is 289 g/mol. The van der Waals surface area contributed by atoms with Gasteiger partial charge in [-0.05, 0) is 25.7 Å². The van der Waals surface area contributed by atoms with E-state index in [0.717, 1.165) is 37.2 Å². The molecule has 1 aromatic heterocycles. The van der Waals surface area contributed by atoms with E-state index in [0.29, 0.717) is 0 Å². The maximum atomic E-state index is 11.6. The highest BCUT2D eigenvalue weighted by Crippen LogP contribution is 2.17. The van der Waals surface area contributed by atoms with Crippen molar-refractivity contribution in [1.82, 2.24) is 9.98 Å². The molecular formula is C12H23N3O5. The van der Waals surface area contributed by atoms with Crippen LogP contribution in [-0.4, -0.2) is 47.0 Å². The van der Waals surface area contributed by atoms with Crippen molar-refractivity contribution < 1.29 is 24.1 Å². The van der Waals surface area contributed by atoms with Crippen molar-refractivity contribution in [1.29, 1.82) is 0 Å². The van der Waals surface area contributed by atoms with Crippen molar-refractivity contribution in [2.75, 3.05) is 25.0 Å². The molecular weight excluding hydrogens is 266 g/mol. The van der Waals surface area contributed by atoms with Gasteiger partial charge in [-0.2, -0.15) is 4.63 Å². The lowest BCUT2D eigenvalue weighted by Crippen LogP contribution is -2.39. The van der Waals surface area contributed by atoms with Crippen molar-refractivity contribution in [2.24, 2.45) is 5.92 Å². The number of aromatic nitrogens is 2. The SMILES string of the molecule is CCC(CC)C(=O)OCOn1on1N1CCCC1CO. The van der Waals surface area contributed by atoms with Gasteiger partial charge in [0, 0.05) is 6.54 Å². The lowest BCUT2D eigenvalue weighted by molar-refractivity contribution is -0.164. The molecule has 0 spiro atoms. The number of aliphatic hydroxyl groups is 1. The van der Waals surface area contributed by atoms with Gasteiger partial charge in [0.05, 0.1) is 23.5 Å². The molecule has 2 rings (SSSR count).